The molecule has 0 fully saturated rings. The molecule has 0 aliphatic rings. The number of hydrogen-bond donors (Lipinski definition) is 0. The standard InChI is InChI=1S/C6H5F2NO2S.Li/c7-6(8)4-1-5(12(10)11)3-9-2-4;/h1-3,6H,(H,10,11);/q;+1/p-1. The van der Waals surface area contributed by atoms with Crippen LogP contribution in [0.2, 0.25) is 0 Å². The minimum Gasteiger partial charge on any atom is -0.768 e. The molecule has 0 bridgehead atoms. The van der Waals surface area contributed by atoms with E-state index < -0.39 is 23.1 Å². The van der Waals surface area contributed by atoms with E-state index in [2.05, 4.69) is 4.98 Å². The maximum absolute atomic E-state index is 12.0. The summed E-state index contributed by atoms with van der Waals surface area (Å²) < 4.78 is 44.5. The summed E-state index contributed by atoms with van der Waals surface area (Å²) in [4.78, 5) is 3.13. The van der Waals surface area contributed by atoms with Crippen molar-refractivity contribution in [3.8, 4) is 0 Å². The average molecular weight is 199 g/mol. The monoisotopic (exact) mass is 199 g/mol. The Hall–Kier alpha value is -0.283. The molecule has 0 amide bonds. The molecule has 13 heavy (non-hydrogen) atoms. The predicted octanol–water partition coefficient (Wildman–Crippen LogP) is -1.74. The number of rotatable bonds is 2. The van der Waals surface area contributed by atoms with Crippen LogP contribution >= 0.6 is 0 Å². The summed E-state index contributed by atoms with van der Waals surface area (Å²) in [7, 11) is 0. The zero-order chi connectivity index (χ0) is 9.14. The van der Waals surface area contributed by atoms with Gasteiger partial charge in [0, 0.05) is 22.9 Å². The maximum atomic E-state index is 12.0. The molecule has 0 N–H and O–H groups in total. The van der Waals surface area contributed by atoms with Crippen molar-refractivity contribution < 1.29 is 36.4 Å². The molecule has 0 aromatic carbocycles. The van der Waals surface area contributed by atoms with Gasteiger partial charge in [-0.25, -0.2) is 8.78 Å². The van der Waals surface area contributed by atoms with Crippen LogP contribution in [-0.2, 0) is 11.1 Å². The largest absolute Gasteiger partial charge is 1.00 e. The van der Waals surface area contributed by atoms with Crippen molar-refractivity contribution in [1.29, 1.82) is 0 Å². The fraction of sp³-hybridized carbons (Fsp3) is 0.167. The van der Waals surface area contributed by atoms with Gasteiger partial charge in [-0.15, -0.1) is 0 Å². The smallest absolute Gasteiger partial charge is 0.768 e. The second kappa shape index (κ2) is 5.45. The quantitative estimate of drug-likeness (QED) is 0.419. The fourth-order valence-corrected chi connectivity index (χ4v) is 1.03. The van der Waals surface area contributed by atoms with E-state index in [1.165, 1.54) is 0 Å². The van der Waals surface area contributed by atoms with Gasteiger partial charge >= 0.3 is 18.9 Å². The molecule has 0 saturated heterocycles. The van der Waals surface area contributed by atoms with Gasteiger partial charge in [-0.2, -0.15) is 0 Å². The first-order chi connectivity index (χ1) is 5.61. The van der Waals surface area contributed by atoms with Crippen LogP contribution in [0.3, 0.4) is 0 Å². The molecule has 66 valence electrons. The summed E-state index contributed by atoms with van der Waals surface area (Å²) in [5.74, 6) is 0. The van der Waals surface area contributed by atoms with Crippen LogP contribution in [0.15, 0.2) is 23.4 Å². The Balaban J connectivity index is 0.00000144. The van der Waals surface area contributed by atoms with Crippen LogP contribution in [0, 0.1) is 0 Å². The molecule has 7 heteroatoms. The topological polar surface area (TPSA) is 53.0 Å². The van der Waals surface area contributed by atoms with Gasteiger partial charge in [-0.05, 0) is 17.1 Å². The van der Waals surface area contributed by atoms with Gasteiger partial charge in [0.15, 0.2) is 0 Å². The summed E-state index contributed by atoms with van der Waals surface area (Å²) in [5.41, 5.74) is -0.392. The molecule has 0 aliphatic heterocycles. The first-order valence-corrected chi connectivity index (χ1v) is 4.01. The third-order valence-corrected chi connectivity index (χ3v) is 1.79. The zero-order valence-corrected chi connectivity index (χ0v) is 7.55. The van der Waals surface area contributed by atoms with Crippen molar-refractivity contribution in [3.63, 3.8) is 0 Å². The van der Waals surface area contributed by atoms with Gasteiger partial charge in [0.05, 0.1) is 0 Å². The molecule has 1 heterocycles. The molecule has 0 saturated carbocycles. The van der Waals surface area contributed by atoms with Gasteiger partial charge in [0.2, 0.25) is 0 Å². The van der Waals surface area contributed by atoms with E-state index in [9.17, 15) is 17.5 Å². The van der Waals surface area contributed by atoms with Crippen LogP contribution in [0.4, 0.5) is 8.78 Å². The molecule has 0 aliphatic carbocycles. The molecular formula is C6H4F2LiNO2S. The average Bonchev–Trinajstić information content (AvgIpc) is 2.04. The van der Waals surface area contributed by atoms with Crippen molar-refractivity contribution >= 4 is 11.1 Å². The van der Waals surface area contributed by atoms with Crippen LogP contribution < -0.4 is 18.9 Å². The minimum absolute atomic E-state index is 0. The Morgan fingerprint density at radius 3 is 2.54 bits per heavy atom. The Bertz CT molecular complexity index is 310. The van der Waals surface area contributed by atoms with E-state index in [0.717, 1.165) is 18.5 Å². The van der Waals surface area contributed by atoms with E-state index >= 15 is 0 Å². The van der Waals surface area contributed by atoms with E-state index in [1.807, 2.05) is 0 Å². The van der Waals surface area contributed by atoms with Crippen molar-refractivity contribution in [3.05, 3.63) is 24.0 Å². The number of aromatic nitrogens is 1. The van der Waals surface area contributed by atoms with Crippen molar-refractivity contribution in [2.45, 2.75) is 11.3 Å². The molecule has 0 radical (unpaired) electrons. The zero-order valence-electron chi connectivity index (χ0n) is 6.74. The van der Waals surface area contributed by atoms with Gasteiger partial charge in [-0.3, -0.25) is 9.19 Å². The number of nitrogens with zero attached hydrogens (tertiary/aromatic N) is 1. The van der Waals surface area contributed by atoms with Crippen molar-refractivity contribution in [2.24, 2.45) is 0 Å². The summed E-state index contributed by atoms with van der Waals surface area (Å²) in [5, 5.41) is 0. The van der Waals surface area contributed by atoms with Gasteiger partial charge in [-0.1, -0.05) is 0 Å². The second-order valence-electron chi connectivity index (χ2n) is 1.99. The van der Waals surface area contributed by atoms with Crippen LogP contribution in [0.25, 0.3) is 0 Å². The van der Waals surface area contributed by atoms with E-state index in [1.54, 1.807) is 0 Å². The van der Waals surface area contributed by atoms with E-state index in [0.29, 0.717) is 0 Å². The van der Waals surface area contributed by atoms with Crippen molar-refractivity contribution in [1.82, 2.24) is 4.98 Å². The normalized spacial score (nSPS) is 12.3. The Kier molecular flexibility index (Phi) is 5.33. The number of halogens is 2. The molecule has 1 aromatic heterocycles. The summed E-state index contributed by atoms with van der Waals surface area (Å²) in [6, 6.07) is 0.890. The molecular weight excluding hydrogens is 195 g/mol. The van der Waals surface area contributed by atoms with E-state index in [4.69, 9.17) is 0 Å². The molecule has 1 unspecified atom stereocenters. The fourth-order valence-electron chi connectivity index (χ4n) is 0.646. The molecule has 1 rings (SSSR count). The Morgan fingerprint density at radius 1 is 1.46 bits per heavy atom. The summed E-state index contributed by atoms with van der Waals surface area (Å²) >= 11 is -2.50. The predicted molar refractivity (Wildman–Crippen MR) is 36.4 cm³/mol. The molecule has 1 atom stereocenters. The van der Waals surface area contributed by atoms with Crippen molar-refractivity contribution in [2.75, 3.05) is 0 Å². The van der Waals surface area contributed by atoms with Crippen LogP contribution in [0.1, 0.15) is 12.0 Å². The maximum Gasteiger partial charge on any atom is 1.00 e. The Morgan fingerprint density at radius 2 is 2.08 bits per heavy atom. The first kappa shape index (κ1) is 12.7. The number of hydrogen-bond acceptors (Lipinski definition) is 3. The van der Waals surface area contributed by atoms with Gasteiger partial charge < -0.3 is 4.55 Å². The van der Waals surface area contributed by atoms with Crippen LogP contribution in [-0.4, -0.2) is 13.7 Å². The van der Waals surface area contributed by atoms with Crippen LogP contribution in [0.5, 0.6) is 0 Å². The third kappa shape index (κ3) is 3.52. The number of pyridine rings is 1. The number of alkyl halides is 2. The summed E-state index contributed by atoms with van der Waals surface area (Å²) in [6.45, 7) is 0. The first-order valence-electron chi connectivity index (χ1n) is 2.93. The molecule has 0 spiro atoms. The Labute approximate surface area is 88.0 Å². The minimum atomic E-state index is -2.69. The molecule has 3 nitrogen and oxygen atoms in total. The second-order valence-corrected chi connectivity index (χ2v) is 2.93. The molecule has 1 aromatic rings. The third-order valence-electron chi connectivity index (χ3n) is 1.18. The van der Waals surface area contributed by atoms with Gasteiger partial charge in [0.1, 0.15) is 0 Å². The van der Waals surface area contributed by atoms with E-state index in [-0.39, 0.29) is 23.8 Å². The van der Waals surface area contributed by atoms with Gasteiger partial charge in [0.25, 0.3) is 6.43 Å². The summed E-state index contributed by atoms with van der Waals surface area (Å²) in [6.07, 6.45) is -0.753. The SMILES string of the molecule is O=S([O-])c1cncc(C(F)F)c1.[Li+].